The summed E-state index contributed by atoms with van der Waals surface area (Å²) < 4.78 is 46.2. The van der Waals surface area contributed by atoms with Crippen molar-refractivity contribution in [3.8, 4) is 5.75 Å². The van der Waals surface area contributed by atoms with Crippen LogP contribution in [0.5, 0.6) is 5.75 Å². The molecule has 0 unspecified atom stereocenters. The average Bonchev–Trinajstić information content (AvgIpc) is 2.63. The Labute approximate surface area is 193 Å². The molecular formula is C20H19Br2F3N2O4. The van der Waals surface area contributed by atoms with E-state index < -0.39 is 30.2 Å². The largest absolute Gasteiger partial charge is 0.487 e. The lowest BCUT2D eigenvalue weighted by atomic mass is 10.1. The lowest BCUT2D eigenvalue weighted by Gasteiger charge is -2.17. The summed E-state index contributed by atoms with van der Waals surface area (Å²) in [5.74, 6) is -1.50. The van der Waals surface area contributed by atoms with Crippen molar-refractivity contribution in [2.75, 3.05) is 11.9 Å². The van der Waals surface area contributed by atoms with E-state index in [2.05, 4.69) is 42.5 Å². The summed E-state index contributed by atoms with van der Waals surface area (Å²) in [5.41, 5.74) is 0.0160. The number of hydrogen-bond donors (Lipinski definition) is 3. The van der Waals surface area contributed by atoms with Crippen LogP contribution < -0.4 is 15.4 Å². The predicted molar refractivity (Wildman–Crippen MR) is 116 cm³/mol. The summed E-state index contributed by atoms with van der Waals surface area (Å²) in [5, 5.41) is 13.8. The number of halogens is 5. The molecule has 0 aliphatic rings. The fraction of sp³-hybridized carbons (Fsp3) is 0.300. The van der Waals surface area contributed by atoms with Gasteiger partial charge in [0.15, 0.2) is 0 Å². The minimum absolute atomic E-state index is 0.0552. The van der Waals surface area contributed by atoms with Crippen LogP contribution in [0.25, 0.3) is 0 Å². The third-order valence-corrected chi connectivity index (χ3v) is 5.00. The van der Waals surface area contributed by atoms with E-state index in [1.54, 1.807) is 6.07 Å². The van der Waals surface area contributed by atoms with Gasteiger partial charge in [0.1, 0.15) is 18.9 Å². The number of anilines is 1. The summed E-state index contributed by atoms with van der Waals surface area (Å²) in [4.78, 5) is 22.6. The number of hydrogen-bond acceptors (Lipinski definition) is 4. The fourth-order valence-electron chi connectivity index (χ4n) is 2.60. The zero-order chi connectivity index (χ0) is 23.3. The van der Waals surface area contributed by atoms with Crippen molar-refractivity contribution in [2.45, 2.75) is 32.7 Å². The lowest BCUT2D eigenvalue weighted by Crippen LogP contribution is -2.29. The molecule has 0 atom stereocenters. The number of aliphatic carboxylic acids is 1. The molecule has 6 nitrogen and oxygen atoms in total. The highest BCUT2D eigenvalue weighted by Crippen LogP contribution is 2.36. The molecule has 2 aromatic carbocycles. The summed E-state index contributed by atoms with van der Waals surface area (Å²) in [6.45, 7) is 2.95. The molecule has 1 amide bonds. The molecule has 0 aliphatic heterocycles. The molecule has 168 valence electrons. The lowest BCUT2D eigenvalue weighted by molar-refractivity contribution is -0.138. The van der Waals surface area contributed by atoms with Crippen LogP contribution in [0.2, 0.25) is 0 Å². The van der Waals surface area contributed by atoms with Crippen LogP contribution in [-0.4, -0.2) is 29.6 Å². The molecular weight excluding hydrogens is 549 g/mol. The molecule has 3 N–H and O–H groups in total. The molecule has 0 bridgehead atoms. The Morgan fingerprint density at radius 3 is 2.23 bits per heavy atom. The molecule has 0 saturated heterocycles. The Morgan fingerprint density at radius 1 is 1.10 bits per heavy atom. The number of alkyl halides is 3. The minimum Gasteiger partial charge on any atom is -0.487 e. The van der Waals surface area contributed by atoms with E-state index in [0.29, 0.717) is 20.2 Å². The van der Waals surface area contributed by atoms with E-state index in [1.165, 1.54) is 12.1 Å². The maximum atomic E-state index is 13.3. The van der Waals surface area contributed by atoms with Crippen LogP contribution in [0.3, 0.4) is 0 Å². The van der Waals surface area contributed by atoms with Crippen molar-refractivity contribution in [3.05, 3.63) is 56.0 Å². The second-order valence-electron chi connectivity index (χ2n) is 6.85. The number of rotatable bonds is 8. The molecule has 31 heavy (non-hydrogen) atoms. The molecule has 11 heteroatoms. The van der Waals surface area contributed by atoms with E-state index in [0.717, 1.165) is 12.1 Å². The SMILES string of the molecule is CC(C)Nc1cc(COc2c(Br)cc(C(=O)NCC(=O)O)cc2Br)cc(C(F)(F)F)c1. The number of amides is 1. The van der Waals surface area contributed by atoms with E-state index >= 15 is 0 Å². The minimum atomic E-state index is -4.50. The maximum absolute atomic E-state index is 13.3. The highest BCUT2D eigenvalue weighted by atomic mass is 79.9. The summed E-state index contributed by atoms with van der Waals surface area (Å²) in [6, 6.07) is 6.43. The van der Waals surface area contributed by atoms with Gasteiger partial charge in [-0.2, -0.15) is 13.2 Å². The monoisotopic (exact) mass is 566 g/mol. The second kappa shape index (κ2) is 10.4. The van der Waals surface area contributed by atoms with Crippen LogP contribution in [0.1, 0.15) is 35.3 Å². The Balaban J connectivity index is 2.24. The van der Waals surface area contributed by atoms with Gasteiger partial charge < -0.3 is 20.5 Å². The van der Waals surface area contributed by atoms with E-state index in [-0.39, 0.29) is 24.0 Å². The number of carbonyl (C=O) groups is 2. The van der Waals surface area contributed by atoms with Crippen molar-refractivity contribution in [1.82, 2.24) is 5.32 Å². The first-order chi connectivity index (χ1) is 14.4. The van der Waals surface area contributed by atoms with Crippen LogP contribution >= 0.6 is 31.9 Å². The number of benzene rings is 2. The zero-order valence-electron chi connectivity index (χ0n) is 16.4. The van der Waals surface area contributed by atoms with Gasteiger partial charge in [-0.05, 0) is 81.6 Å². The van der Waals surface area contributed by atoms with Gasteiger partial charge in [0.05, 0.1) is 14.5 Å². The van der Waals surface area contributed by atoms with Crippen molar-refractivity contribution in [2.24, 2.45) is 0 Å². The molecule has 0 spiro atoms. The Kier molecular flexibility index (Phi) is 8.35. The average molecular weight is 568 g/mol. The number of carbonyl (C=O) groups excluding carboxylic acids is 1. The van der Waals surface area contributed by atoms with Gasteiger partial charge in [0, 0.05) is 17.3 Å². The summed E-state index contributed by atoms with van der Waals surface area (Å²) in [7, 11) is 0. The predicted octanol–water partition coefficient (Wildman–Crippen LogP) is 5.44. The number of carboxylic acids is 1. The van der Waals surface area contributed by atoms with Crippen molar-refractivity contribution in [3.63, 3.8) is 0 Å². The Morgan fingerprint density at radius 2 is 1.71 bits per heavy atom. The molecule has 2 aromatic rings. The van der Waals surface area contributed by atoms with Crippen molar-refractivity contribution < 1.29 is 32.6 Å². The Bertz CT molecular complexity index is 958. The van der Waals surface area contributed by atoms with Crippen LogP contribution in [-0.2, 0) is 17.6 Å². The van der Waals surface area contributed by atoms with Gasteiger partial charge >= 0.3 is 12.1 Å². The van der Waals surface area contributed by atoms with Gasteiger partial charge in [0.2, 0.25) is 0 Å². The first kappa shape index (κ1) is 25.0. The van der Waals surface area contributed by atoms with Gasteiger partial charge in [0.25, 0.3) is 5.91 Å². The molecule has 2 rings (SSSR count). The summed E-state index contributed by atoms with van der Waals surface area (Å²) in [6.07, 6.45) is -4.50. The van der Waals surface area contributed by atoms with Crippen LogP contribution in [0, 0.1) is 0 Å². The third kappa shape index (κ3) is 7.42. The first-order valence-corrected chi connectivity index (χ1v) is 10.5. The van der Waals surface area contributed by atoms with Gasteiger partial charge in [-0.1, -0.05) is 0 Å². The highest BCUT2D eigenvalue weighted by Gasteiger charge is 2.31. The van der Waals surface area contributed by atoms with Gasteiger partial charge in [-0.25, -0.2) is 0 Å². The first-order valence-electron chi connectivity index (χ1n) is 8.96. The quantitative estimate of drug-likeness (QED) is 0.395. The molecule has 0 fully saturated rings. The van der Waals surface area contributed by atoms with Crippen LogP contribution in [0.4, 0.5) is 18.9 Å². The van der Waals surface area contributed by atoms with E-state index in [1.807, 2.05) is 13.8 Å². The molecule has 0 heterocycles. The van der Waals surface area contributed by atoms with Gasteiger partial charge in [-0.3, -0.25) is 9.59 Å². The third-order valence-electron chi connectivity index (χ3n) is 3.82. The van der Waals surface area contributed by atoms with E-state index in [4.69, 9.17) is 9.84 Å². The van der Waals surface area contributed by atoms with Gasteiger partial charge in [-0.15, -0.1) is 0 Å². The van der Waals surface area contributed by atoms with Crippen LogP contribution in [0.15, 0.2) is 39.3 Å². The zero-order valence-corrected chi connectivity index (χ0v) is 19.6. The summed E-state index contributed by atoms with van der Waals surface area (Å²) >= 11 is 6.54. The normalized spacial score (nSPS) is 11.4. The molecule has 0 aliphatic carbocycles. The molecule has 0 radical (unpaired) electrons. The standard InChI is InChI=1S/C20H19Br2F3N2O4/c1-10(2)27-14-4-11(3-13(7-14)20(23,24)25)9-31-18-15(21)5-12(6-16(18)22)19(30)26-8-17(28)29/h3-7,10,27H,8-9H2,1-2H3,(H,26,30)(H,28,29). The fourth-order valence-corrected chi connectivity index (χ4v) is 4.01. The highest BCUT2D eigenvalue weighted by molar-refractivity contribution is 9.11. The maximum Gasteiger partial charge on any atom is 0.416 e. The molecule has 0 saturated carbocycles. The number of carboxylic acid groups (broad SMARTS) is 1. The number of ether oxygens (including phenoxy) is 1. The number of nitrogens with one attached hydrogen (secondary N) is 2. The topological polar surface area (TPSA) is 87.7 Å². The Hall–Kier alpha value is -2.27. The second-order valence-corrected chi connectivity index (χ2v) is 8.56. The van der Waals surface area contributed by atoms with Crippen molar-refractivity contribution >= 4 is 49.4 Å². The smallest absolute Gasteiger partial charge is 0.416 e. The van der Waals surface area contributed by atoms with E-state index in [9.17, 15) is 22.8 Å². The molecule has 0 aromatic heterocycles. The van der Waals surface area contributed by atoms with Crippen molar-refractivity contribution in [1.29, 1.82) is 0 Å².